The maximum atomic E-state index is 6.57. The van der Waals surface area contributed by atoms with Crippen molar-refractivity contribution >= 4 is 17.7 Å². The fourth-order valence-corrected chi connectivity index (χ4v) is 4.39. The summed E-state index contributed by atoms with van der Waals surface area (Å²) in [6.45, 7) is 3.58. The molecule has 0 bridgehead atoms. The Morgan fingerprint density at radius 2 is 1.65 bits per heavy atom. The molecule has 0 radical (unpaired) electrons. The number of hydrogen-bond donors (Lipinski definition) is 0. The van der Waals surface area contributed by atoms with E-state index in [4.69, 9.17) is 11.6 Å². The molecule has 0 atom stereocenters. The Morgan fingerprint density at radius 1 is 0.957 bits per heavy atom. The van der Waals surface area contributed by atoms with Crippen molar-refractivity contribution in [3.63, 3.8) is 0 Å². The lowest BCUT2D eigenvalue weighted by atomic mass is 9.84. The van der Waals surface area contributed by atoms with Gasteiger partial charge in [0.2, 0.25) is 0 Å². The van der Waals surface area contributed by atoms with Crippen LogP contribution in [0.15, 0.2) is 24.3 Å². The molecule has 1 saturated heterocycles. The minimum absolute atomic E-state index is 0.686. The molecule has 126 valence electrons. The fourth-order valence-electron chi connectivity index (χ4n) is 4.05. The molecule has 0 N–H and O–H groups in total. The largest absolute Gasteiger partial charge is 0.300 e. The third-order valence-corrected chi connectivity index (χ3v) is 5.77. The van der Waals surface area contributed by atoms with Gasteiger partial charge < -0.3 is 0 Å². The van der Waals surface area contributed by atoms with Gasteiger partial charge in [-0.25, -0.2) is 0 Å². The van der Waals surface area contributed by atoms with Gasteiger partial charge in [0.25, 0.3) is 0 Å². The smallest absolute Gasteiger partial charge is 0.0446 e. The van der Waals surface area contributed by atoms with Crippen LogP contribution in [0.25, 0.3) is 6.08 Å². The highest BCUT2D eigenvalue weighted by Gasteiger charge is 2.17. The Labute approximate surface area is 146 Å². The third kappa shape index (κ3) is 5.09. The van der Waals surface area contributed by atoms with Crippen LogP contribution in [0.2, 0.25) is 5.02 Å². The van der Waals surface area contributed by atoms with Crippen LogP contribution >= 0.6 is 11.6 Å². The minimum atomic E-state index is 0.686. The van der Waals surface area contributed by atoms with Gasteiger partial charge in [0.1, 0.15) is 0 Å². The number of benzene rings is 1. The summed E-state index contributed by atoms with van der Waals surface area (Å²) >= 11 is 6.57. The lowest BCUT2D eigenvalue weighted by Crippen LogP contribution is -2.24. The Morgan fingerprint density at radius 3 is 2.35 bits per heavy atom. The molecule has 0 aromatic heterocycles. The van der Waals surface area contributed by atoms with Crippen LogP contribution in [0.4, 0.5) is 0 Å². The molecular weight excluding hydrogens is 302 g/mol. The second kappa shape index (κ2) is 8.89. The first-order chi connectivity index (χ1) is 11.3. The number of likely N-dealkylation sites (tertiary alicyclic amines) is 1. The maximum absolute atomic E-state index is 6.57. The zero-order valence-corrected chi connectivity index (χ0v) is 15.0. The van der Waals surface area contributed by atoms with Crippen molar-refractivity contribution in [2.75, 3.05) is 19.6 Å². The topological polar surface area (TPSA) is 3.24 Å². The minimum Gasteiger partial charge on any atom is -0.300 e. The monoisotopic (exact) mass is 331 g/mol. The van der Waals surface area contributed by atoms with Crippen molar-refractivity contribution in [3.8, 4) is 0 Å². The van der Waals surface area contributed by atoms with Gasteiger partial charge in [0.15, 0.2) is 0 Å². The van der Waals surface area contributed by atoms with E-state index in [2.05, 4.69) is 35.3 Å². The van der Waals surface area contributed by atoms with E-state index in [1.807, 2.05) is 0 Å². The number of nitrogens with zero attached hydrogens (tertiary/aromatic N) is 1. The van der Waals surface area contributed by atoms with E-state index in [-0.39, 0.29) is 0 Å². The molecule has 0 unspecified atom stereocenters. The van der Waals surface area contributed by atoms with E-state index in [0.29, 0.717) is 5.92 Å². The number of rotatable bonds is 4. The van der Waals surface area contributed by atoms with Crippen LogP contribution in [-0.4, -0.2) is 24.5 Å². The standard InChI is InChI=1S/C21H30ClN/c22-21-17-18(9-8-16-23-14-6-1-2-7-15-23)12-13-20(21)19-10-4-3-5-11-19/h8-9,12-13,17,19H,1-7,10-11,14-16H2. The third-order valence-electron chi connectivity index (χ3n) is 5.44. The van der Waals surface area contributed by atoms with Gasteiger partial charge in [-0.05, 0) is 61.9 Å². The van der Waals surface area contributed by atoms with E-state index in [1.165, 1.54) is 82.0 Å². The molecule has 0 spiro atoms. The molecule has 1 nitrogen and oxygen atoms in total. The van der Waals surface area contributed by atoms with Crippen molar-refractivity contribution in [3.05, 3.63) is 40.4 Å². The Bertz CT molecular complexity index is 509. The zero-order valence-electron chi connectivity index (χ0n) is 14.3. The lowest BCUT2D eigenvalue weighted by Gasteiger charge is -2.23. The molecule has 3 rings (SSSR count). The van der Waals surface area contributed by atoms with E-state index < -0.39 is 0 Å². The Balaban J connectivity index is 1.57. The van der Waals surface area contributed by atoms with Crippen LogP contribution in [0.3, 0.4) is 0 Å². The summed E-state index contributed by atoms with van der Waals surface area (Å²) in [5.41, 5.74) is 2.61. The first kappa shape index (κ1) is 17.0. The van der Waals surface area contributed by atoms with Crippen LogP contribution in [0.1, 0.15) is 74.8 Å². The van der Waals surface area contributed by atoms with Gasteiger partial charge in [0, 0.05) is 11.6 Å². The maximum Gasteiger partial charge on any atom is 0.0446 e. The van der Waals surface area contributed by atoms with Crippen molar-refractivity contribution in [1.82, 2.24) is 4.90 Å². The molecule has 1 aliphatic heterocycles. The summed E-state index contributed by atoms with van der Waals surface area (Å²) in [5.74, 6) is 0.686. The Kier molecular flexibility index (Phi) is 6.59. The average molecular weight is 332 g/mol. The van der Waals surface area contributed by atoms with E-state index in [0.717, 1.165) is 11.6 Å². The molecule has 1 heterocycles. The van der Waals surface area contributed by atoms with Crippen LogP contribution in [-0.2, 0) is 0 Å². The molecule has 1 aliphatic carbocycles. The highest BCUT2D eigenvalue weighted by Crippen LogP contribution is 2.36. The van der Waals surface area contributed by atoms with Crippen LogP contribution in [0, 0.1) is 0 Å². The molecule has 23 heavy (non-hydrogen) atoms. The summed E-state index contributed by atoms with van der Waals surface area (Å²) in [7, 11) is 0. The Hall–Kier alpha value is -0.790. The molecule has 1 saturated carbocycles. The summed E-state index contributed by atoms with van der Waals surface area (Å²) in [6, 6.07) is 6.67. The van der Waals surface area contributed by atoms with E-state index in [9.17, 15) is 0 Å². The van der Waals surface area contributed by atoms with Gasteiger partial charge in [-0.1, -0.05) is 68.0 Å². The summed E-state index contributed by atoms with van der Waals surface area (Å²) in [5, 5.41) is 0.967. The number of halogens is 1. The fraction of sp³-hybridized carbons (Fsp3) is 0.619. The summed E-state index contributed by atoms with van der Waals surface area (Å²) in [6.07, 6.45) is 16.8. The van der Waals surface area contributed by atoms with Gasteiger partial charge >= 0.3 is 0 Å². The average Bonchev–Trinajstić information content (AvgIpc) is 2.85. The normalized spacial score (nSPS) is 21.6. The highest BCUT2D eigenvalue weighted by molar-refractivity contribution is 6.31. The highest BCUT2D eigenvalue weighted by atomic mass is 35.5. The van der Waals surface area contributed by atoms with Gasteiger partial charge in [-0.3, -0.25) is 4.90 Å². The molecule has 2 aliphatic rings. The van der Waals surface area contributed by atoms with Crippen molar-refractivity contribution < 1.29 is 0 Å². The SMILES string of the molecule is Clc1cc(C=CCN2CCCCCC2)ccc1C1CCCCC1. The first-order valence-electron chi connectivity index (χ1n) is 9.51. The van der Waals surface area contributed by atoms with Crippen LogP contribution in [0.5, 0.6) is 0 Å². The van der Waals surface area contributed by atoms with Crippen molar-refractivity contribution in [1.29, 1.82) is 0 Å². The lowest BCUT2D eigenvalue weighted by molar-refractivity contribution is 0.316. The molecule has 2 heteroatoms. The predicted octanol–water partition coefficient (Wildman–Crippen LogP) is 6.28. The van der Waals surface area contributed by atoms with Crippen molar-refractivity contribution in [2.24, 2.45) is 0 Å². The summed E-state index contributed by atoms with van der Waals surface area (Å²) < 4.78 is 0. The molecule has 1 aromatic carbocycles. The second-order valence-electron chi connectivity index (χ2n) is 7.23. The molecular formula is C21H30ClN. The van der Waals surface area contributed by atoms with Crippen molar-refractivity contribution in [2.45, 2.75) is 63.7 Å². The van der Waals surface area contributed by atoms with Gasteiger partial charge in [0.05, 0.1) is 0 Å². The van der Waals surface area contributed by atoms with Gasteiger partial charge in [-0.2, -0.15) is 0 Å². The quantitative estimate of drug-likeness (QED) is 0.627. The zero-order chi connectivity index (χ0) is 15.9. The second-order valence-corrected chi connectivity index (χ2v) is 7.64. The molecule has 1 aromatic rings. The predicted molar refractivity (Wildman–Crippen MR) is 101 cm³/mol. The first-order valence-corrected chi connectivity index (χ1v) is 9.89. The molecule has 0 amide bonds. The van der Waals surface area contributed by atoms with Crippen LogP contribution < -0.4 is 0 Å². The van der Waals surface area contributed by atoms with E-state index in [1.54, 1.807) is 0 Å². The number of hydrogen-bond acceptors (Lipinski definition) is 1. The van der Waals surface area contributed by atoms with Gasteiger partial charge in [-0.15, -0.1) is 0 Å². The summed E-state index contributed by atoms with van der Waals surface area (Å²) in [4.78, 5) is 2.57. The van der Waals surface area contributed by atoms with E-state index >= 15 is 0 Å². The molecule has 2 fully saturated rings.